The maximum Gasteiger partial charge on any atom is 0.254 e. The molecular formula is C14H22ClN3O. The minimum atomic E-state index is 0. The number of anilines is 1. The quantitative estimate of drug-likeness (QED) is 0.919. The van der Waals surface area contributed by atoms with Crippen molar-refractivity contribution in [3.05, 3.63) is 29.8 Å². The second-order valence-electron chi connectivity index (χ2n) is 4.98. The molecule has 2 rings (SSSR count). The van der Waals surface area contributed by atoms with Crippen LogP contribution in [0.2, 0.25) is 0 Å². The van der Waals surface area contributed by atoms with Gasteiger partial charge in [-0.3, -0.25) is 4.79 Å². The van der Waals surface area contributed by atoms with E-state index < -0.39 is 0 Å². The Morgan fingerprint density at radius 2 is 2.21 bits per heavy atom. The fourth-order valence-corrected chi connectivity index (χ4v) is 2.43. The lowest BCUT2D eigenvalue weighted by molar-refractivity contribution is 0.0741. The second-order valence-corrected chi connectivity index (χ2v) is 4.98. The lowest BCUT2D eigenvalue weighted by Crippen LogP contribution is -2.39. The first-order valence-electron chi connectivity index (χ1n) is 6.42. The number of likely N-dealkylation sites (tertiary alicyclic amines) is 1. The van der Waals surface area contributed by atoms with Gasteiger partial charge in [0.1, 0.15) is 0 Å². The number of carbonyl (C=O) groups excluding carboxylic acids is 1. The first kappa shape index (κ1) is 15.8. The first-order valence-corrected chi connectivity index (χ1v) is 6.42. The highest BCUT2D eigenvalue weighted by atomic mass is 35.5. The Hall–Kier alpha value is -1.26. The molecule has 1 aromatic rings. The summed E-state index contributed by atoms with van der Waals surface area (Å²) in [5.74, 6) is 0.103. The summed E-state index contributed by atoms with van der Waals surface area (Å²) in [5, 5.41) is 0. The highest BCUT2D eigenvalue weighted by Crippen LogP contribution is 2.21. The fraction of sp³-hybridized carbons (Fsp3) is 0.500. The van der Waals surface area contributed by atoms with E-state index in [0.717, 1.165) is 30.6 Å². The number of hydrogen-bond acceptors (Lipinski definition) is 3. The largest absolute Gasteiger partial charge is 0.378 e. The van der Waals surface area contributed by atoms with Gasteiger partial charge in [0.25, 0.3) is 5.91 Å². The van der Waals surface area contributed by atoms with E-state index >= 15 is 0 Å². The van der Waals surface area contributed by atoms with Gasteiger partial charge in [0, 0.05) is 44.5 Å². The molecule has 1 heterocycles. The van der Waals surface area contributed by atoms with E-state index in [1.165, 1.54) is 0 Å². The molecule has 0 saturated carbocycles. The Bertz CT molecular complexity index is 436. The Balaban J connectivity index is 0.00000180. The topological polar surface area (TPSA) is 49.6 Å². The summed E-state index contributed by atoms with van der Waals surface area (Å²) in [5.41, 5.74) is 7.51. The van der Waals surface area contributed by atoms with Gasteiger partial charge in [0.2, 0.25) is 0 Å². The number of halogens is 1. The van der Waals surface area contributed by atoms with E-state index in [9.17, 15) is 4.79 Å². The fourth-order valence-electron chi connectivity index (χ4n) is 2.43. The third-order valence-electron chi connectivity index (χ3n) is 3.52. The lowest BCUT2D eigenvalue weighted by atomic mass is 10.1. The van der Waals surface area contributed by atoms with Crippen molar-refractivity contribution in [2.45, 2.75) is 18.9 Å². The summed E-state index contributed by atoms with van der Waals surface area (Å²) in [6.45, 7) is 1.38. The van der Waals surface area contributed by atoms with Crippen molar-refractivity contribution in [1.29, 1.82) is 0 Å². The van der Waals surface area contributed by atoms with Crippen LogP contribution in [0.4, 0.5) is 5.69 Å². The monoisotopic (exact) mass is 283 g/mol. The Morgan fingerprint density at radius 3 is 2.84 bits per heavy atom. The van der Waals surface area contributed by atoms with Crippen molar-refractivity contribution in [2.24, 2.45) is 5.73 Å². The zero-order chi connectivity index (χ0) is 13.1. The van der Waals surface area contributed by atoms with E-state index in [2.05, 4.69) is 0 Å². The van der Waals surface area contributed by atoms with Gasteiger partial charge in [0.15, 0.2) is 0 Å². The average molecular weight is 284 g/mol. The van der Waals surface area contributed by atoms with Gasteiger partial charge in [0.05, 0.1) is 0 Å². The summed E-state index contributed by atoms with van der Waals surface area (Å²) in [7, 11) is 3.95. The molecule has 1 saturated heterocycles. The van der Waals surface area contributed by atoms with Gasteiger partial charge in [-0.2, -0.15) is 0 Å². The van der Waals surface area contributed by atoms with Crippen LogP contribution in [0.25, 0.3) is 0 Å². The smallest absolute Gasteiger partial charge is 0.254 e. The van der Waals surface area contributed by atoms with Crippen LogP contribution >= 0.6 is 12.4 Å². The van der Waals surface area contributed by atoms with Crippen LogP contribution in [0.5, 0.6) is 0 Å². The molecule has 1 aliphatic rings. The Labute approximate surface area is 121 Å². The zero-order valence-corrected chi connectivity index (χ0v) is 12.3. The van der Waals surface area contributed by atoms with Crippen LogP contribution in [0.1, 0.15) is 23.2 Å². The van der Waals surface area contributed by atoms with Crippen LogP contribution in [0.15, 0.2) is 24.3 Å². The number of rotatable bonds is 3. The summed E-state index contributed by atoms with van der Waals surface area (Å²) in [4.78, 5) is 16.4. The summed E-state index contributed by atoms with van der Waals surface area (Å²) >= 11 is 0. The van der Waals surface area contributed by atoms with Crippen molar-refractivity contribution >= 4 is 24.0 Å². The molecule has 19 heavy (non-hydrogen) atoms. The minimum Gasteiger partial charge on any atom is -0.378 e. The lowest BCUT2D eigenvalue weighted by Gasteiger charge is -2.24. The molecule has 0 spiro atoms. The Morgan fingerprint density at radius 1 is 1.47 bits per heavy atom. The number of benzene rings is 1. The van der Waals surface area contributed by atoms with Gasteiger partial charge in [-0.25, -0.2) is 0 Å². The molecule has 1 amide bonds. The predicted octanol–water partition coefficient (Wildman–Crippen LogP) is 1.74. The van der Waals surface area contributed by atoms with E-state index in [1.54, 1.807) is 0 Å². The van der Waals surface area contributed by atoms with E-state index in [1.807, 2.05) is 48.2 Å². The maximum absolute atomic E-state index is 12.4. The molecule has 0 aromatic heterocycles. The zero-order valence-electron chi connectivity index (χ0n) is 11.5. The summed E-state index contributed by atoms with van der Waals surface area (Å²) in [6, 6.07) is 7.95. The van der Waals surface area contributed by atoms with E-state index in [-0.39, 0.29) is 24.4 Å². The van der Waals surface area contributed by atoms with Crippen LogP contribution in [0, 0.1) is 0 Å². The molecule has 1 fully saturated rings. The van der Waals surface area contributed by atoms with Crippen LogP contribution in [-0.2, 0) is 0 Å². The highest BCUT2D eigenvalue weighted by molar-refractivity contribution is 5.95. The van der Waals surface area contributed by atoms with Crippen molar-refractivity contribution in [2.75, 3.05) is 32.1 Å². The average Bonchev–Trinajstić information content (AvgIpc) is 2.86. The minimum absolute atomic E-state index is 0. The van der Waals surface area contributed by atoms with Crippen molar-refractivity contribution in [3.63, 3.8) is 0 Å². The molecule has 2 N–H and O–H groups in total. The molecule has 0 bridgehead atoms. The number of nitrogens with zero attached hydrogens (tertiary/aromatic N) is 2. The summed E-state index contributed by atoms with van der Waals surface area (Å²) in [6.07, 6.45) is 2.08. The normalized spacial score (nSPS) is 18.1. The van der Waals surface area contributed by atoms with Crippen LogP contribution in [-0.4, -0.2) is 44.0 Å². The number of amides is 1. The van der Waals surface area contributed by atoms with E-state index in [4.69, 9.17) is 5.73 Å². The molecule has 1 atom stereocenters. The molecule has 0 aliphatic carbocycles. The molecular weight excluding hydrogens is 262 g/mol. The van der Waals surface area contributed by atoms with Gasteiger partial charge in [-0.15, -0.1) is 12.4 Å². The molecule has 4 nitrogen and oxygen atoms in total. The van der Waals surface area contributed by atoms with Gasteiger partial charge < -0.3 is 15.5 Å². The first-order chi connectivity index (χ1) is 8.63. The summed E-state index contributed by atoms with van der Waals surface area (Å²) < 4.78 is 0. The molecule has 1 unspecified atom stereocenters. The van der Waals surface area contributed by atoms with Crippen molar-refractivity contribution in [3.8, 4) is 0 Å². The number of carbonyl (C=O) groups is 1. The standard InChI is InChI=1S/C14H21N3O.ClH/c1-16(2)12-6-3-5-11(9-12)14(18)17-8-4-7-13(17)10-15;/h3,5-6,9,13H,4,7-8,10,15H2,1-2H3;1H. The number of hydrogen-bond donors (Lipinski definition) is 1. The highest BCUT2D eigenvalue weighted by Gasteiger charge is 2.28. The van der Waals surface area contributed by atoms with Crippen molar-refractivity contribution in [1.82, 2.24) is 4.90 Å². The predicted molar refractivity (Wildman–Crippen MR) is 81.1 cm³/mol. The number of nitrogens with two attached hydrogens (primary N) is 1. The van der Waals surface area contributed by atoms with Gasteiger partial charge in [-0.05, 0) is 31.0 Å². The van der Waals surface area contributed by atoms with Crippen LogP contribution in [0.3, 0.4) is 0 Å². The Kier molecular flexibility index (Phi) is 5.63. The van der Waals surface area contributed by atoms with E-state index in [0.29, 0.717) is 6.54 Å². The molecule has 1 aromatic carbocycles. The SMILES string of the molecule is CN(C)c1cccc(C(=O)N2CCCC2CN)c1.Cl. The third-order valence-corrected chi connectivity index (χ3v) is 3.52. The molecule has 0 radical (unpaired) electrons. The maximum atomic E-state index is 12.4. The molecule has 1 aliphatic heterocycles. The third kappa shape index (κ3) is 3.39. The van der Waals surface area contributed by atoms with Crippen molar-refractivity contribution < 1.29 is 4.79 Å². The van der Waals surface area contributed by atoms with Gasteiger partial charge >= 0.3 is 0 Å². The van der Waals surface area contributed by atoms with Crippen LogP contribution < -0.4 is 10.6 Å². The molecule has 5 heteroatoms. The van der Waals surface area contributed by atoms with Gasteiger partial charge in [-0.1, -0.05) is 6.07 Å². The second kappa shape index (κ2) is 6.78. The molecule has 106 valence electrons.